The first-order valence-corrected chi connectivity index (χ1v) is 9.32. The number of rotatable bonds is 6. The van der Waals surface area contributed by atoms with E-state index in [2.05, 4.69) is 54.1 Å². The Morgan fingerprint density at radius 3 is 2.56 bits per heavy atom. The van der Waals surface area contributed by atoms with Crippen LogP contribution in [0.4, 0.5) is 0 Å². The van der Waals surface area contributed by atoms with E-state index in [1.165, 1.54) is 0 Å². The zero-order chi connectivity index (χ0) is 18.8. The molecule has 4 aromatic rings. The highest BCUT2D eigenvalue weighted by atomic mass is 16.1. The van der Waals surface area contributed by atoms with Crippen LogP contribution in [0.25, 0.3) is 10.9 Å². The number of benzene rings is 2. The highest BCUT2D eigenvalue weighted by Gasteiger charge is 2.23. The maximum atomic E-state index is 13.1. The molecule has 27 heavy (non-hydrogen) atoms. The number of carbonyl (C=O) groups excluding carboxylic acids is 1. The molecule has 0 bridgehead atoms. The van der Waals surface area contributed by atoms with Gasteiger partial charge in [-0.25, -0.2) is 4.98 Å². The van der Waals surface area contributed by atoms with Crippen molar-refractivity contribution in [1.29, 1.82) is 0 Å². The highest BCUT2D eigenvalue weighted by molar-refractivity contribution is 5.94. The summed E-state index contributed by atoms with van der Waals surface area (Å²) >= 11 is 0. The number of fused-ring (bicyclic) bond motifs is 1. The average molecular weight is 357 g/mol. The zero-order valence-electron chi connectivity index (χ0n) is 15.6. The molecule has 0 unspecified atom stereocenters. The highest BCUT2D eigenvalue weighted by Crippen LogP contribution is 2.31. The van der Waals surface area contributed by atoms with Gasteiger partial charge in [0.15, 0.2) is 11.6 Å². The number of nitrogens with one attached hydrogen (secondary N) is 1. The van der Waals surface area contributed by atoms with Crippen LogP contribution in [-0.2, 0) is 0 Å². The van der Waals surface area contributed by atoms with Gasteiger partial charge in [-0.05, 0) is 36.9 Å². The van der Waals surface area contributed by atoms with E-state index < -0.39 is 0 Å². The summed E-state index contributed by atoms with van der Waals surface area (Å²) < 4.78 is 1.94. The summed E-state index contributed by atoms with van der Waals surface area (Å²) in [7, 11) is 0. The van der Waals surface area contributed by atoms with Crippen LogP contribution >= 0.6 is 0 Å². The van der Waals surface area contributed by atoms with Gasteiger partial charge in [-0.3, -0.25) is 4.79 Å². The first-order valence-electron chi connectivity index (χ1n) is 9.32. The van der Waals surface area contributed by atoms with Gasteiger partial charge in [0.2, 0.25) is 0 Å². The number of aromatic amines is 1. The van der Waals surface area contributed by atoms with Gasteiger partial charge in [0, 0.05) is 42.0 Å². The molecule has 0 saturated carbocycles. The van der Waals surface area contributed by atoms with Crippen LogP contribution in [0.1, 0.15) is 54.1 Å². The molecule has 2 heterocycles. The number of imidazole rings is 1. The van der Waals surface area contributed by atoms with Crippen molar-refractivity contribution in [3.8, 4) is 0 Å². The van der Waals surface area contributed by atoms with Crippen molar-refractivity contribution in [2.75, 3.05) is 0 Å². The van der Waals surface area contributed by atoms with Gasteiger partial charge in [0.05, 0.1) is 0 Å². The molecule has 1 N–H and O–H groups in total. The smallest absolute Gasteiger partial charge is 0.199 e. The second-order valence-corrected chi connectivity index (χ2v) is 7.15. The summed E-state index contributed by atoms with van der Waals surface area (Å²) in [6, 6.07) is 20.8. The minimum atomic E-state index is -0.0385. The van der Waals surface area contributed by atoms with Crippen LogP contribution in [0.5, 0.6) is 0 Å². The van der Waals surface area contributed by atoms with E-state index in [1.807, 2.05) is 41.1 Å². The fourth-order valence-electron chi connectivity index (χ4n) is 3.60. The number of hydrogen-bond donors (Lipinski definition) is 1. The molecule has 0 aliphatic heterocycles. The number of nitrogens with zero attached hydrogens (tertiary/aromatic N) is 2. The monoisotopic (exact) mass is 357 g/mol. The van der Waals surface area contributed by atoms with E-state index in [4.69, 9.17) is 0 Å². The Bertz CT molecular complexity index is 1030. The van der Waals surface area contributed by atoms with E-state index in [9.17, 15) is 4.79 Å². The molecule has 2 aromatic heterocycles. The van der Waals surface area contributed by atoms with E-state index in [0.717, 1.165) is 22.2 Å². The van der Waals surface area contributed by atoms with Crippen molar-refractivity contribution in [3.63, 3.8) is 0 Å². The molecule has 0 spiro atoms. The molecule has 0 amide bonds. The Hall–Kier alpha value is -3.14. The maximum Gasteiger partial charge on any atom is 0.199 e. The number of carbonyl (C=O) groups is 1. The number of aromatic nitrogens is 3. The number of para-hydroxylation sites is 1. The zero-order valence-corrected chi connectivity index (χ0v) is 15.6. The van der Waals surface area contributed by atoms with Crippen molar-refractivity contribution >= 4 is 16.7 Å². The van der Waals surface area contributed by atoms with Gasteiger partial charge in [-0.2, -0.15) is 0 Å². The van der Waals surface area contributed by atoms with Gasteiger partial charge >= 0.3 is 0 Å². The van der Waals surface area contributed by atoms with Crippen molar-refractivity contribution < 1.29 is 4.79 Å². The second-order valence-electron chi connectivity index (χ2n) is 7.15. The Labute approximate surface area is 158 Å². The molecule has 136 valence electrons. The average Bonchev–Trinajstić information content (AvgIpc) is 3.33. The Kier molecular flexibility index (Phi) is 4.63. The second kappa shape index (κ2) is 7.23. The summed E-state index contributed by atoms with van der Waals surface area (Å²) in [6.07, 6.45) is 3.95. The number of H-pyrrole nitrogens is 1. The molecule has 4 rings (SSSR count). The standard InChI is InChI=1S/C23H23N3O/c1-16(2)26-13-12-24-23(26)22(27)15-19(17-8-4-3-5-9-17)21-14-18-10-6-7-11-20(18)25-21/h3-14,16,19,25H,15H2,1-2H3/t19-/m0/s1. The summed E-state index contributed by atoms with van der Waals surface area (Å²) in [4.78, 5) is 20.9. The maximum absolute atomic E-state index is 13.1. The summed E-state index contributed by atoms with van der Waals surface area (Å²) in [5.74, 6) is 0.548. The third kappa shape index (κ3) is 3.43. The first-order chi connectivity index (χ1) is 13.1. The lowest BCUT2D eigenvalue weighted by Gasteiger charge is -2.17. The third-order valence-corrected chi connectivity index (χ3v) is 4.99. The van der Waals surface area contributed by atoms with E-state index in [1.54, 1.807) is 6.20 Å². The molecular weight excluding hydrogens is 334 g/mol. The first kappa shape index (κ1) is 17.3. The number of hydrogen-bond acceptors (Lipinski definition) is 2. The molecule has 4 heteroatoms. The van der Waals surface area contributed by atoms with Gasteiger partial charge in [0.25, 0.3) is 0 Å². The number of Topliss-reactive ketones (excluding diaryl/α,β-unsaturated/α-hetero) is 1. The van der Waals surface area contributed by atoms with Gasteiger partial charge < -0.3 is 9.55 Å². The Balaban J connectivity index is 1.72. The van der Waals surface area contributed by atoms with Crippen LogP contribution < -0.4 is 0 Å². The molecular formula is C23H23N3O. The van der Waals surface area contributed by atoms with Crippen molar-refractivity contribution in [2.45, 2.75) is 32.2 Å². The molecule has 0 fully saturated rings. The minimum absolute atomic E-state index is 0.0385. The van der Waals surface area contributed by atoms with Crippen LogP contribution in [-0.4, -0.2) is 20.3 Å². The molecule has 1 atom stereocenters. The topological polar surface area (TPSA) is 50.7 Å². The predicted molar refractivity (Wildman–Crippen MR) is 108 cm³/mol. The van der Waals surface area contributed by atoms with Gasteiger partial charge in [-0.15, -0.1) is 0 Å². The Morgan fingerprint density at radius 2 is 1.81 bits per heavy atom. The fraction of sp³-hybridized carbons (Fsp3) is 0.217. The summed E-state index contributed by atoms with van der Waals surface area (Å²) in [5.41, 5.74) is 3.27. The van der Waals surface area contributed by atoms with E-state index in [-0.39, 0.29) is 17.7 Å². The van der Waals surface area contributed by atoms with Crippen molar-refractivity contribution in [1.82, 2.24) is 14.5 Å². The summed E-state index contributed by atoms with van der Waals surface area (Å²) in [6.45, 7) is 4.12. The number of ketones is 1. The normalized spacial score (nSPS) is 12.6. The Morgan fingerprint density at radius 1 is 1.07 bits per heavy atom. The van der Waals surface area contributed by atoms with E-state index >= 15 is 0 Å². The van der Waals surface area contributed by atoms with Crippen LogP contribution in [0.15, 0.2) is 73.1 Å². The molecule has 0 aliphatic rings. The van der Waals surface area contributed by atoms with Crippen molar-refractivity contribution in [2.24, 2.45) is 0 Å². The van der Waals surface area contributed by atoms with Crippen LogP contribution in [0.2, 0.25) is 0 Å². The van der Waals surface area contributed by atoms with E-state index in [0.29, 0.717) is 12.2 Å². The van der Waals surface area contributed by atoms with Gasteiger partial charge in [0.1, 0.15) is 0 Å². The van der Waals surface area contributed by atoms with Crippen LogP contribution in [0.3, 0.4) is 0 Å². The molecule has 0 radical (unpaired) electrons. The largest absolute Gasteiger partial charge is 0.358 e. The fourth-order valence-corrected chi connectivity index (χ4v) is 3.60. The SMILES string of the molecule is CC(C)n1ccnc1C(=O)C[C@@H](c1ccccc1)c1cc2ccccc2[nH]1. The lowest BCUT2D eigenvalue weighted by atomic mass is 9.90. The summed E-state index contributed by atoms with van der Waals surface area (Å²) in [5, 5.41) is 1.16. The van der Waals surface area contributed by atoms with Crippen molar-refractivity contribution in [3.05, 3.63) is 90.1 Å². The molecule has 4 nitrogen and oxygen atoms in total. The van der Waals surface area contributed by atoms with Gasteiger partial charge in [-0.1, -0.05) is 48.5 Å². The molecule has 0 saturated heterocycles. The van der Waals surface area contributed by atoms with Crippen LogP contribution in [0, 0.1) is 0 Å². The predicted octanol–water partition coefficient (Wildman–Crippen LogP) is 5.35. The third-order valence-electron chi connectivity index (χ3n) is 4.99. The lowest BCUT2D eigenvalue weighted by Crippen LogP contribution is -2.15. The quantitative estimate of drug-likeness (QED) is 0.473. The lowest BCUT2D eigenvalue weighted by molar-refractivity contribution is 0.0961. The molecule has 0 aliphatic carbocycles. The molecule has 2 aromatic carbocycles. The minimum Gasteiger partial charge on any atom is -0.358 e.